The van der Waals surface area contributed by atoms with Gasteiger partial charge in [0, 0.05) is 5.56 Å². The van der Waals surface area contributed by atoms with Crippen LogP contribution in [0.15, 0.2) is 36.4 Å². The number of aromatic nitrogens is 2. The summed E-state index contributed by atoms with van der Waals surface area (Å²) in [5.74, 6) is 4.15. The molecule has 0 spiro atoms. The highest BCUT2D eigenvalue weighted by Gasteiger charge is 2.38. The van der Waals surface area contributed by atoms with Gasteiger partial charge in [0.25, 0.3) is 23.3 Å². The van der Waals surface area contributed by atoms with Crippen molar-refractivity contribution in [1.82, 2.24) is 29.4 Å². The molecule has 1 aromatic heterocycles. The minimum atomic E-state index is 0.898. The fraction of sp³-hybridized carbons (Fsp3) is 0.516. The predicted molar refractivity (Wildman–Crippen MR) is 173 cm³/mol. The quantitative estimate of drug-likeness (QED) is 0.297. The molecule has 10 nitrogen and oxygen atoms in total. The summed E-state index contributed by atoms with van der Waals surface area (Å²) in [5, 5.41) is 5.50. The van der Waals surface area contributed by atoms with E-state index < -0.39 is 0 Å². The summed E-state index contributed by atoms with van der Waals surface area (Å²) in [7, 11) is 33.3. The molecule has 0 bridgehead atoms. The van der Waals surface area contributed by atoms with E-state index in [9.17, 15) is 0 Å². The summed E-state index contributed by atoms with van der Waals surface area (Å²) >= 11 is 0. The smallest absolute Gasteiger partial charge is 0.267 e. The van der Waals surface area contributed by atoms with E-state index in [0.717, 1.165) is 51.6 Å². The molecule has 41 heavy (non-hydrogen) atoms. The molecular formula is C31H54N10+4. The number of nitrogens with zero attached hydrogens (tertiary/aromatic N) is 10. The van der Waals surface area contributed by atoms with E-state index in [-0.39, 0.29) is 0 Å². The number of amidine groups is 4. The van der Waals surface area contributed by atoms with Gasteiger partial charge in [0.05, 0.1) is 125 Å². The zero-order valence-corrected chi connectivity index (χ0v) is 28.4. The molecule has 0 aliphatic rings. The van der Waals surface area contributed by atoms with Crippen LogP contribution in [-0.2, 0) is 0 Å². The van der Waals surface area contributed by atoms with Crippen molar-refractivity contribution >= 4 is 29.0 Å². The monoisotopic (exact) mass is 566 g/mol. The Morgan fingerprint density at radius 3 is 1.51 bits per heavy atom. The van der Waals surface area contributed by atoms with Crippen molar-refractivity contribution in [2.45, 2.75) is 0 Å². The van der Waals surface area contributed by atoms with Crippen molar-refractivity contribution in [2.24, 2.45) is 0 Å². The molecule has 1 aromatic carbocycles. The fourth-order valence-electron chi connectivity index (χ4n) is 5.35. The van der Waals surface area contributed by atoms with Crippen LogP contribution in [0.4, 0.5) is 0 Å². The first-order valence-electron chi connectivity index (χ1n) is 13.8. The van der Waals surface area contributed by atoms with Crippen LogP contribution in [0.5, 0.6) is 0 Å². The number of rotatable bonds is 6. The molecule has 0 fully saturated rings. The van der Waals surface area contributed by atoms with Gasteiger partial charge < -0.3 is 0 Å². The van der Waals surface area contributed by atoms with Gasteiger partial charge >= 0.3 is 0 Å². The van der Waals surface area contributed by atoms with Gasteiger partial charge in [-0.15, -0.1) is 0 Å². The normalized spacial score (nSPS) is 11.1. The lowest BCUT2D eigenvalue weighted by molar-refractivity contribution is -0.470. The summed E-state index contributed by atoms with van der Waals surface area (Å²) < 4.78 is 10.7. The molecule has 0 atom stereocenters. The number of likely N-dealkylation sites (N-methyl/N-ethyl adjacent to an activating group) is 2. The number of hydrogen-bond donors (Lipinski definition) is 0. The maximum atomic E-state index is 5.50. The Morgan fingerprint density at radius 2 is 1.15 bits per heavy atom. The molecule has 224 valence electrons. The molecule has 2 aromatic rings. The van der Waals surface area contributed by atoms with Crippen LogP contribution in [0.3, 0.4) is 0 Å². The van der Waals surface area contributed by atoms with Crippen molar-refractivity contribution in [1.29, 1.82) is 0 Å². The maximum Gasteiger partial charge on any atom is 0.300 e. The van der Waals surface area contributed by atoms with Crippen molar-refractivity contribution in [2.75, 3.05) is 113 Å². The zero-order chi connectivity index (χ0) is 31.3. The molecule has 0 radical (unpaired) electrons. The molecule has 10 heteroatoms. The summed E-state index contributed by atoms with van der Waals surface area (Å²) in [4.78, 5) is 8.58. The average molecular weight is 567 g/mol. The minimum Gasteiger partial charge on any atom is -0.267 e. The van der Waals surface area contributed by atoms with Crippen LogP contribution in [0.25, 0.3) is 17.0 Å². The highest BCUT2D eigenvalue weighted by molar-refractivity contribution is 6.20. The largest absolute Gasteiger partial charge is 0.300 e. The van der Waals surface area contributed by atoms with Gasteiger partial charge in [-0.05, 0) is 0 Å². The first-order chi connectivity index (χ1) is 19.0. The molecular weight excluding hydrogens is 512 g/mol. The number of hydrogen-bond acceptors (Lipinski definition) is 1. The fourth-order valence-corrected chi connectivity index (χ4v) is 5.35. The van der Waals surface area contributed by atoms with E-state index in [0.29, 0.717) is 0 Å². The van der Waals surface area contributed by atoms with E-state index >= 15 is 0 Å². The van der Waals surface area contributed by atoms with E-state index in [4.69, 9.17) is 5.10 Å². The Labute approximate surface area is 248 Å². The van der Waals surface area contributed by atoms with Crippen LogP contribution in [0.1, 0.15) is 11.3 Å². The molecule has 2 rings (SSSR count). The molecule has 0 aliphatic carbocycles. The summed E-state index contributed by atoms with van der Waals surface area (Å²) in [6.07, 6.45) is 2.22. The average Bonchev–Trinajstić information content (AvgIpc) is 3.19. The van der Waals surface area contributed by atoms with Gasteiger partial charge in [0.1, 0.15) is 5.56 Å². The Balaban J connectivity index is 3.46. The van der Waals surface area contributed by atoms with Crippen molar-refractivity contribution in [3.05, 3.63) is 47.7 Å². The zero-order valence-electron chi connectivity index (χ0n) is 28.4. The summed E-state index contributed by atoms with van der Waals surface area (Å²) in [6, 6.07) is 10.6. The Kier molecular flexibility index (Phi) is 11.0. The van der Waals surface area contributed by atoms with Crippen LogP contribution in [0.2, 0.25) is 0 Å². The van der Waals surface area contributed by atoms with E-state index in [1.54, 1.807) is 0 Å². The van der Waals surface area contributed by atoms with Gasteiger partial charge in [0.2, 0.25) is 0 Å². The van der Waals surface area contributed by atoms with Crippen LogP contribution in [-0.4, -0.2) is 184 Å². The molecule has 0 saturated carbocycles. The van der Waals surface area contributed by atoms with E-state index in [1.807, 2.05) is 0 Å². The lowest BCUT2D eigenvalue weighted by atomic mass is 10.0. The third kappa shape index (κ3) is 7.23. The van der Waals surface area contributed by atoms with Gasteiger partial charge in [-0.2, -0.15) is 5.10 Å². The lowest BCUT2D eigenvalue weighted by Gasteiger charge is -2.19. The standard InChI is InChI=1S/C31H54N10/c1-33(2)25(34(3)4)22-24(29(35(5)6)36(7)8)41-28(23-20-18-17-19-21-23)26(30(37(9)10)38(11)12)27(32-41)31(39(13)14)40(15)16/h17-22H,1-16H3/q+4. The second-order valence-corrected chi connectivity index (χ2v) is 11.9. The third-order valence-electron chi connectivity index (χ3n) is 6.55. The van der Waals surface area contributed by atoms with Gasteiger partial charge in [-0.1, -0.05) is 30.3 Å². The summed E-state index contributed by atoms with van der Waals surface area (Å²) in [6.45, 7) is 0. The highest BCUT2D eigenvalue weighted by Crippen LogP contribution is 2.32. The maximum absolute atomic E-state index is 5.50. The molecule has 0 amide bonds. The minimum absolute atomic E-state index is 0.898. The van der Waals surface area contributed by atoms with Crippen molar-refractivity contribution in [3.8, 4) is 11.3 Å². The van der Waals surface area contributed by atoms with Crippen molar-refractivity contribution in [3.63, 3.8) is 0 Å². The summed E-state index contributed by atoms with van der Waals surface area (Å²) in [5.41, 5.74) is 5.01. The first kappa shape index (κ1) is 33.3. The van der Waals surface area contributed by atoms with E-state index in [1.165, 1.54) is 0 Å². The van der Waals surface area contributed by atoms with E-state index in [2.05, 4.69) is 192 Å². The molecule has 0 aliphatic heterocycles. The third-order valence-corrected chi connectivity index (χ3v) is 6.55. The molecule has 0 unspecified atom stereocenters. The van der Waals surface area contributed by atoms with Gasteiger partial charge in [-0.3, -0.25) is 37.9 Å². The van der Waals surface area contributed by atoms with Crippen LogP contribution >= 0.6 is 0 Å². The molecule has 0 saturated heterocycles. The highest BCUT2D eigenvalue weighted by atomic mass is 15.4. The second-order valence-electron chi connectivity index (χ2n) is 11.9. The first-order valence-corrected chi connectivity index (χ1v) is 13.8. The SMILES string of the molecule is CN(C)C(/C=C(\C(N(C)C)=[N+](C)C)n1nc(C(N(C)C)=[N+](C)C)c(C(N(C)C)=[N+](C)C)c1-c1ccccc1)=[N+](C)C. The Hall–Kier alpha value is -3.95. The molecule has 1 heterocycles. The van der Waals surface area contributed by atoms with Gasteiger partial charge in [-0.25, -0.2) is 4.68 Å². The Bertz CT molecular complexity index is 1380. The predicted octanol–water partition coefficient (Wildman–Crippen LogP) is 1.02. The topological polar surface area (TPSA) is 42.8 Å². The van der Waals surface area contributed by atoms with Crippen LogP contribution < -0.4 is 0 Å². The number of benzene rings is 1. The van der Waals surface area contributed by atoms with Crippen LogP contribution in [0, 0.1) is 0 Å². The van der Waals surface area contributed by atoms with Crippen molar-refractivity contribution < 1.29 is 18.3 Å². The lowest BCUT2D eigenvalue weighted by Crippen LogP contribution is -2.36. The second kappa shape index (κ2) is 13.6. The van der Waals surface area contributed by atoms with Gasteiger partial charge in [0.15, 0.2) is 11.4 Å². The Morgan fingerprint density at radius 1 is 0.634 bits per heavy atom. The molecule has 0 N–H and O–H groups in total.